The molecule has 6 rings (SSSR count). The summed E-state index contributed by atoms with van der Waals surface area (Å²) in [6.07, 6.45) is 3.81. The first-order valence-electron chi connectivity index (χ1n) is 17.8. The molecule has 2 fully saturated rings. The van der Waals surface area contributed by atoms with E-state index in [-0.39, 0.29) is 54.5 Å². The van der Waals surface area contributed by atoms with Crippen LogP contribution in [0.1, 0.15) is 48.2 Å². The molecule has 0 aliphatic carbocycles. The Labute approximate surface area is 314 Å². The number of nitrogens with one attached hydrogen (secondary N) is 3. The topological polar surface area (TPSA) is 124 Å². The third kappa shape index (κ3) is 8.56. The number of aryl methyl sites for hydroxylation is 1. The molecule has 2 saturated heterocycles. The van der Waals surface area contributed by atoms with Gasteiger partial charge in [0.1, 0.15) is 11.8 Å². The van der Waals surface area contributed by atoms with E-state index in [2.05, 4.69) is 15.6 Å². The van der Waals surface area contributed by atoms with Crippen LogP contribution in [-0.4, -0.2) is 83.8 Å². The van der Waals surface area contributed by atoms with Crippen LogP contribution >= 0.6 is 23.2 Å². The summed E-state index contributed by atoms with van der Waals surface area (Å²) in [6, 6.07) is 19.8. The van der Waals surface area contributed by atoms with Gasteiger partial charge in [0.2, 0.25) is 17.7 Å². The number of benzene rings is 3. The van der Waals surface area contributed by atoms with Gasteiger partial charge >= 0.3 is 0 Å². The lowest BCUT2D eigenvalue weighted by molar-refractivity contribution is -0.140. The highest BCUT2D eigenvalue weighted by molar-refractivity contribution is 6.32. The molecule has 2 aliphatic rings. The highest BCUT2D eigenvalue weighted by atomic mass is 35.5. The number of aromatic nitrogens is 1. The summed E-state index contributed by atoms with van der Waals surface area (Å²) in [4.78, 5) is 61.7. The van der Waals surface area contributed by atoms with Gasteiger partial charge in [-0.1, -0.05) is 59.6 Å². The average Bonchev–Trinajstić information content (AvgIpc) is 3.75. The SMILES string of the molecule is CNC(=O)[C@H](CCCc1ccccc1)NC(=O)C1CN(C(=O)Cc2c[nH]c3cc(Cl)ccc23)CC2CN(C(=O)c3ccc(OC(C)C)c(Cl)c3)CC21. The Morgan fingerprint density at radius 1 is 0.942 bits per heavy atom. The van der Waals surface area contributed by atoms with Crippen molar-refractivity contribution in [3.05, 3.63) is 99.7 Å². The molecular formula is C40H45Cl2N5O5. The first-order valence-corrected chi connectivity index (χ1v) is 18.6. The Bertz CT molecular complexity index is 1930. The van der Waals surface area contributed by atoms with Crippen molar-refractivity contribution in [3.63, 3.8) is 0 Å². The first-order chi connectivity index (χ1) is 25.0. The quantitative estimate of drug-likeness (QED) is 0.167. The minimum Gasteiger partial charge on any atom is -0.489 e. The van der Waals surface area contributed by atoms with Crippen molar-refractivity contribution in [2.75, 3.05) is 33.2 Å². The van der Waals surface area contributed by atoms with Gasteiger partial charge in [-0.25, -0.2) is 0 Å². The normalized spacial score (nSPS) is 19.0. The number of aromatic amines is 1. The molecule has 2 aliphatic heterocycles. The summed E-state index contributed by atoms with van der Waals surface area (Å²) >= 11 is 12.7. The van der Waals surface area contributed by atoms with E-state index in [4.69, 9.17) is 27.9 Å². The Balaban J connectivity index is 1.21. The van der Waals surface area contributed by atoms with E-state index in [1.807, 2.05) is 62.5 Å². The number of carbonyl (C=O) groups excluding carboxylic acids is 4. The summed E-state index contributed by atoms with van der Waals surface area (Å²) in [5.41, 5.74) is 3.26. The zero-order valence-corrected chi connectivity index (χ0v) is 31.2. The van der Waals surface area contributed by atoms with Gasteiger partial charge in [0.25, 0.3) is 5.91 Å². The zero-order valence-electron chi connectivity index (χ0n) is 29.7. The summed E-state index contributed by atoms with van der Waals surface area (Å²) in [5, 5.41) is 7.58. The lowest BCUT2D eigenvalue weighted by Crippen LogP contribution is -2.56. The monoisotopic (exact) mass is 745 g/mol. The molecule has 3 unspecified atom stereocenters. The van der Waals surface area contributed by atoms with E-state index >= 15 is 0 Å². The Kier molecular flexibility index (Phi) is 11.8. The van der Waals surface area contributed by atoms with Crippen molar-refractivity contribution in [2.24, 2.45) is 17.8 Å². The van der Waals surface area contributed by atoms with Crippen LogP contribution in [-0.2, 0) is 27.2 Å². The van der Waals surface area contributed by atoms with Crippen molar-refractivity contribution in [3.8, 4) is 5.75 Å². The smallest absolute Gasteiger partial charge is 0.253 e. The predicted octanol–water partition coefficient (Wildman–Crippen LogP) is 5.90. The number of likely N-dealkylation sites (N-methyl/N-ethyl adjacent to an activating group) is 1. The summed E-state index contributed by atoms with van der Waals surface area (Å²) < 4.78 is 5.75. The van der Waals surface area contributed by atoms with Crippen LogP contribution < -0.4 is 15.4 Å². The van der Waals surface area contributed by atoms with Gasteiger partial charge in [0.15, 0.2) is 0 Å². The van der Waals surface area contributed by atoms with Gasteiger partial charge < -0.3 is 30.2 Å². The van der Waals surface area contributed by atoms with Gasteiger partial charge in [0, 0.05) is 60.9 Å². The molecule has 0 radical (unpaired) electrons. The number of likely N-dealkylation sites (tertiary alicyclic amines) is 2. The molecule has 3 heterocycles. The number of carbonyl (C=O) groups is 4. The maximum Gasteiger partial charge on any atom is 0.253 e. The van der Waals surface area contributed by atoms with Crippen LogP contribution in [0, 0.1) is 17.8 Å². The van der Waals surface area contributed by atoms with E-state index in [0.717, 1.165) is 28.5 Å². The molecule has 52 heavy (non-hydrogen) atoms. The van der Waals surface area contributed by atoms with Crippen LogP contribution in [0.2, 0.25) is 10.0 Å². The Morgan fingerprint density at radius 2 is 1.71 bits per heavy atom. The average molecular weight is 747 g/mol. The van der Waals surface area contributed by atoms with Crippen molar-refractivity contribution < 1.29 is 23.9 Å². The van der Waals surface area contributed by atoms with Crippen molar-refractivity contribution >= 4 is 57.7 Å². The number of rotatable bonds is 12. The van der Waals surface area contributed by atoms with E-state index < -0.39 is 12.0 Å². The summed E-state index contributed by atoms with van der Waals surface area (Å²) in [7, 11) is 1.56. The molecule has 0 saturated carbocycles. The Hall–Kier alpha value is -4.54. The van der Waals surface area contributed by atoms with Crippen molar-refractivity contribution in [1.82, 2.24) is 25.4 Å². The number of hydrogen-bond donors (Lipinski definition) is 3. The van der Waals surface area contributed by atoms with Gasteiger partial charge in [0.05, 0.1) is 23.5 Å². The van der Waals surface area contributed by atoms with Gasteiger partial charge in [-0.2, -0.15) is 0 Å². The summed E-state index contributed by atoms with van der Waals surface area (Å²) in [5.74, 6) is -1.37. The second-order valence-electron chi connectivity index (χ2n) is 14.1. The largest absolute Gasteiger partial charge is 0.489 e. The molecule has 1 aromatic heterocycles. The van der Waals surface area contributed by atoms with Crippen molar-refractivity contribution in [2.45, 2.75) is 51.7 Å². The Morgan fingerprint density at radius 3 is 2.44 bits per heavy atom. The van der Waals surface area contributed by atoms with Crippen LogP contribution in [0.5, 0.6) is 5.75 Å². The fourth-order valence-electron chi connectivity index (χ4n) is 7.54. The maximum absolute atomic E-state index is 14.2. The van der Waals surface area contributed by atoms with Crippen LogP contribution in [0.4, 0.5) is 0 Å². The van der Waals surface area contributed by atoms with E-state index in [1.54, 1.807) is 41.1 Å². The number of nitrogens with zero attached hydrogens (tertiary/aromatic N) is 2. The van der Waals surface area contributed by atoms with Crippen LogP contribution in [0.15, 0.2) is 72.9 Å². The van der Waals surface area contributed by atoms with Gasteiger partial charge in [-0.05, 0) is 86.4 Å². The molecule has 3 N–H and O–H groups in total. The van der Waals surface area contributed by atoms with Gasteiger partial charge in [-0.3, -0.25) is 19.2 Å². The fraction of sp³-hybridized carbons (Fsp3) is 0.400. The third-order valence-electron chi connectivity index (χ3n) is 10.2. The third-order valence-corrected chi connectivity index (χ3v) is 10.7. The van der Waals surface area contributed by atoms with Gasteiger partial charge in [-0.15, -0.1) is 0 Å². The zero-order chi connectivity index (χ0) is 36.9. The number of ether oxygens (including phenoxy) is 1. The molecule has 0 spiro atoms. The van der Waals surface area contributed by atoms with Crippen LogP contribution in [0.25, 0.3) is 10.9 Å². The predicted molar refractivity (Wildman–Crippen MR) is 203 cm³/mol. The molecule has 12 heteroatoms. The molecule has 4 atom stereocenters. The lowest BCUT2D eigenvalue weighted by Gasteiger charge is -2.40. The van der Waals surface area contributed by atoms with Crippen molar-refractivity contribution in [1.29, 1.82) is 0 Å². The van der Waals surface area contributed by atoms with E-state index in [9.17, 15) is 19.2 Å². The lowest BCUT2D eigenvalue weighted by atomic mass is 9.79. The number of halogens is 2. The molecule has 0 bridgehead atoms. The second-order valence-corrected chi connectivity index (χ2v) is 14.9. The molecule has 3 aromatic carbocycles. The maximum atomic E-state index is 14.2. The standard InChI is InChI=1S/C40H45Cl2N5O5/c1-24(2)52-36-15-12-26(16-33(36)42)40(51)47-21-28-20-46(37(48)17-27-19-44-35-18-29(41)13-14-30(27)35)23-32(31(28)22-47)38(49)45-34(39(50)43-3)11-7-10-25-8-5-4-6-9-25/h4-6,8-9,12-16,18-19,24,28,31-32,34,44H,7,10-11,17,20-23H2,1-3H3,(H,43,50)(H,45,49)/t28?,31?,32?,34-/m0/s1. The number of fused-ring (bicyclic) bond motifs is 2. The molecule has 4 amide bonds. The minimum absolute atomic E-state index is 0.0733. The molecule has 10 nitrogen and oxygen atoms in total. The number of piperidine rings is 1. The highest BCUT2D eigenvalue weighted by Gasteiger charge is 2.48. The fourth-order valence-corrected chi connectivity index (χ4v) is 7.94. The molecule has 4 aromatic rings. The minimum atomic E-state index is -0.739. The number of amides is 4. The number of H-pyrrole nitrogens is 1. The first kappa shape index (κ1) is 37.2. The van der Waals surface area contributed by atoms with Crippen LogP contribution in [0.3, 0.4) is 0 Å². The summed E-state index contributed by atoms with van der Waals surface area (Å²) in [6.45, 7) is 5.11. The molecular weight excluding hydrogens is 701 g/mol. The highest BCUT2D eigenvalue weighted by Crippen LogP contribution is 2.37. The number of hydrogen-bond acceptors (Lipinski definition) is 5. The van der Waals surface area contributed by atoms with E-state index in [0.29, 0.717) is 53.8 Å². The molecule has 274 valence electrons. The second kappa shape index (κ2) is 16.4. The van der Waals surface area contributed by atoms with E-state index in [1.165, 1.54) is 0 Å².